The van der Waals surface area contributed by atoms with Crippen molar-refractivity contribution in [2.75, 3.05) is 30.5 Å². The van der Waals surface area contributed by atoms with E-state index in [1.807, 2.05) is 30.3 Å². The van der Waals surface area contributed by atoms with E-state index < -0.39 is 23.8 Å². The van der Waals surface area contributed by atoms with Gasteiger partial charge in [-0.1, -0.05) is 48.5 Å². The average molecular weight is 622 g/mol. The lowest BCUT2D eigenvalue weighted by Gasteiger charge is -2.26. The number of ether oxygens (including phenoxy) is 4. The number of methoxy groups -OCH3 is 1. The van der Waals surface area contributed by atoms with Crippen molar-refractivity contribution >= 4 is 41.2 Å². The van der Waals surface area contributed by atoms with Crippen molar-refractivity contribution in [1.82, 2.24) is 5.32 Å². The molecule has 0 saturated carbocycles. The number of nitrogens with one attached hydrogen (secondary N) is 2. The molecular formula is C35H31N3O8. The minimum Gasteiger partial charge on any atom is -0.495 e. The summed E-state index contributed by atoms with van der Waals surface area (Å²) in [7, 11) is 1.51. The Morgan fingerprint density at radius 2 is 1.57 bits per heavy atom. The molecule has 0 bridgehead atoms. The number of carbonyl (C=O) groups excluding carboxylic acids is 4. The second kappa shape index (κ2) is 14.6. The van der Waals surface area contributed by atoms with Gasteiger partial charge in [0.25, 0.3) is 17.7 Å². The number of urea groups is 1. The average Bonchev–Trinajstić information content (AvgIpc) is 3.06. The first kappa shape index (κ1) is 31.3. The molecule has 11 heteroatoms. The van der Waals surface area contributed by atoms with Crippen molar-refractivity contribution in [2.45, 2.75) is 13.5 Å². The fraction of sp³-hybridized carbons (Fsp3) is 0.143. The first-order valence-electron chi connectivity index (χ1n) is 14.4. The van der Waals surface area contributed by atoms with Crippen LogP contribution < -0.4 is 34.5 Å². The highest BCUT2D eigenvalue weighted by molar-refractivity contribution is 6.39. The van der Waals surface area contributed by atoms with Gasteiger partial charge < -0.3 is 24.3 Å². The van der Waals surface area contributed by atoms with Crippen LogP contribution in [0.4, 0.5) is 16.2 Å². The number of nitrogens with zero attached hydrogens (tertiary/aromatic N) is 1. The van der Waals surface area contributed by atoms with Crippen molar-refractivity contribution in [1.29, 1.82) is 0 Å². The van der Waals surface area contributed by atoms with Gasteiger partial charge in [0.15, 0.2) is 18.1 Å². The van der Waals surface area contributed by atoms with Crippen LogP contribution in [-0.2, 0) is 21.0 Å². The van der Waals surface area contributed by atoms with Gasteiger partial charge in [-0.3, -0.25) is 19.7 Å². The maximum atomic E-state index is 13.4. The molecule has 4 aromatic carbocycles. The monoisotopic (exact) mass is 621 g/mol. The van der Waals surface area contributed by atoms with Crippen LogP contribution in [0.2, 0.25) is 0 Å². The molecule has 0 aliphatic carbocycles. The summed E-state index contributed by atoms with van der Waals surface area (Å²) < 4.78 is 22.5. The number of carbonyl (C=O) groups is 4. The zero-order chi connectivity index (χ0) is 32.5. The van der Waals surface area contributed by atoms with Gasteiger partial charge in [0, 0.05) is 0 Å². The van der Waals surface area contributed by atoms with Crippen LogP contribution in [0.5, 0.6) is 23.0 Å². The molecule has 1 aliphatic heterocycles. The Bertz CT molecular complexity index is 1770. The van der Waals surface area contributed by atoms with E-state index in [4.69, 9.17) is 18.9 Å². The number of rotatable bonds is 12. The van der Waals surface area contributed by atoms with Crippen molar-refractivity contribution in [2.24, 2.45) is 0 Å². The van der Waals surface area contributed by atoms with Crippen LogP contribution in [0.3, 0.4) is 0 Å². The van der Waals surface area contributed by atoms with Gasteiger partial charge in [-0.2, -0.15) is 0 Å². The Hall–Kier alpha value is -6.10. The molecule has 1 saturated heterocycles. The fourth-order valence-corrected chi connectivity index (χ4v) is 4.57. The Morgan fingerprint density at radius 3 is 2.30 bits per heavy atom. The zero-order valence-corrected chi connectivity index (χ0v) is 25.1. The second-order valence-corrected chi connectivity index (χ2v) is 9.90. The summed E-state index contributed by atoms with van der Waals surface area (Å²) in [4.78, 5) is 52.3. The standard InChI is InChI=1S/C35H31N3O8/c1-3-44-31-20-24(13-18-30(31)46-22-32(39)36-28-11-7-8-12-29(28)43-2)19-27-33(40)37-35(42)38(34(27)41)25-14-16-26(17-15-25)45-21-23-9-5-4-6-10-23/h4-20H,3,21-22H2,1-2H3,(H,36,39)(H,37,40,42)/b27-19-. The molecule has 2 N–H and O–H groups in total. The molecule has 5 rings (SSSR count). The van der Waals surface area contributed by atoms with Crippen molar-refractivity contribution in [3.8, 4) is 23.0 Å². The second-order valence-electron chi connectivity index (χ2n) is 9.90. The minimum atomic E-state index is -0.866. The normalized spacial score (nSPS) is 13.7. The summed E-state index contributed by atoms with van der Waals surface area (Å²) in [6.07, 6.45) is 1.36. The lowest BCUT2D eigenvalue weighted by molar-refractivity contribution is -0.122. The SMILES string of the molecule is CCOc1cc(/C=C2/C(=O)NC(=O)N(c3ccc(OCc4ccccc4)cc3)C2=O)ccc1OCC(=O)Nc1ccccc1OC. The molecule has 1 aliphatic rings. The molecule has 5 amide bonds. The third-order valence-electron chi connectivity index (χ3n) is 6.76. The highest BCUT2D eigenvalue weighted by atomic mass is 16.5. The maximum Gasteiger partial charge on any atom is 0.335 e. The van der Waals surface area contributed by atoms with E-state index in [0.29, 0.717) is 35.1 Å². The number of amides is 5. The van der Waals surface area contributed by atoms with Crippen molar-refractivity contribution < 1.29 is 38.1 Å². The molecule has 0 atom stereocenters. The molecule has 234 valence electrons. The fourth-order valence-electron chi connectivity index (χ4n) is 4.57. The van der Waals surface area contributed by atoms with Crippen LogP contribution in [0.25, 0.3) is 6.08 Å². The Kier molecular flexibility index (Phi) is 9.93. The molecule has 1 heterocycles. The predicted molar refractivity (Wildman–Crippen MR) is 171 cm³/mol. The lowest BCUT2D eigenvalue weighted by atomic mass is 10.1. The molecular weight excluding hydrogens is 590 g/mol. The number of barbiturate groups is 1. The Labute approximate surface area is 265 Å². The summed E-state index contributed by atoms with van der Waals surface area (Å²) in [5.41, 5.74) is 1.94. The summed E-state index contributed by atoms with van der Waals surface area (Å²) in [5.74, 6) is -0.404. The van der Waals surface area contributed by atoms with Crippen LogP contribution in [0.1, 0.15) is 18.1 Å². The molecule has 0 unspecified atom stereocenters. The van der Waals surface area contributed by atoms with E-state index in [-0.39, 0.29) is 30.2 Å². The molecule has 4 aromatic rings. The number of benzene rings is 4. The van der Waals surface area contributed by atoms with E-state index in [0.717, 1.165) is 10.5 Å². The Balaban J connectivity index is 1.29. The van der Waals surface area contributed by atoms with E-state index in [9.17, 15) is 19.2 Å². The third kappa shape index (κ3) is 7.51. The van der Waals surface area contributed by atoms with Gasteiger partial charge >= 0.3 is 6.03 Å². The first-order chi connectivity index (χ1) is 22.4. The Morgan fingerprint density at radius 1 is 0.826 bits per heavy atom. The lowest BCUT2D eigenvalue weighted by Crippen LogP contribution is -2.54. The summed E-state index contributed by atoms with van der Waals surface area (Å²) in [6, 6.07) is 26.9. The van der Waals surface area contributed by atoms with Gasteiger partial charge in [0.05, 0.1) is 25.1 Å². The highest BCUT2D eigenvalue weighted by Gasteiger charge is 2.36. The van der Waals surface area contributed by atoms with Gasteiger partial charge in [-0.05, 0) is 72.7 Å². The molecule has 1 fully saturated rings. The third-order valence-corrected chi connectivity index (χ3v) is 6.76. The van der Waals surface area contributed by atoms with Gasteiger partial charge in [-0.15, -0.1) is 0 Å². The molecule has 0 radical (unpaired) electrons. The predicted octanol–water partition coefficient (Wildman–Crippen LogP) is 5.36. The topological polar surface area (TPSA) is 132 Å². The molecule has 0 aromatic heterocycles. The van der Waals surface area contributed by atoms with E-state index in [1.165, 1.54) is 13.2 Å². The van der Waals surface area contributed by atoms with Crippen molar-refractivity contribution in [3.63, 3.8) is 0 Å². The van der Waals surface area contributed by atoms with Gasteiger partial charge in [0.2, 0.25) is 0 Å². The van der Waals surface area contributed by atoms with E-state index in [2.05, 4.69) is 10.6 Å². The first-order valence-corrected chi connectivity index (χ1v) is 14.4. The summed E-state index contributed by atoms with van der Waals surface area (Å²) in [6.45, 7) is 2.11. The number of hydrogen-bond donors (Lipinski definition) is 2. The number of hydrogen-bond acceptors (Lipinski definition) is 8. The quantitative estimate of drug-likeness (QED) is 0.160. The number of anilines is 2. The van der Waals surface area contributed by atoms with Crippen LogP contribution in [-0.4, -0.2) is 44.1 Å². The largest absolute Gasteiger partial charge is 0.495 e. The van der Waals surface area contributed by atoms with Crippen LogP contribution >= 0.6 is 0 Å². The maximum absolute atomic E-state index is 13.4. The number of para-hydroxylation sites is 2. The molecule has 0 spiro atoms. The van der Waals surface area contributed by atoms with E-state index >= 15 is 0 Å². The molecule has 11 nitrogen and oxygen atoms in total. The van der Waals surface area contributed by atoms with Crippen LogP contribution in [0, 0.1) is 0 Å². The zero-order valence-electron chi connectivity index (χ0n) is 25.1. The van der Waals surface area contributed by atoms with Gasteiger partial charge in [0.1, 0.15) is 23.7 Å². The summed E-state index contributed by atoms with van der Waals surface area (Å²) >= 11 is 0. The smallest absolute Gasteiger partial charge is 0.335 e. The minimum absolute atomic E-state index is 0.253. The number of imide groups is 2. The van der Waals surface area contributed by atoms with Gasteiger partial charge in [-0.25, -0.2) is 9.69 Å². The summed E-state index contributed by atoms with van der Waals surface area (Å²) in [5, 5.41) is 4.96. The highest BCUT2D eigenvalue weighted by Crippen LogP contribution is 2.31. The van der Waals surface area contributed by atoms with Crippen LogP contribution in [0.15, 0.2) is 103 Å². The van der Waals surface area contributed by atoms with E-state index in [1.54, 1.807) is 73.7 Å². The molecule has 46 heavy (non-hydrogen) atoms. The van der Waals surface area contributed by atoms with Crippen molar-refractivity contribution in [3.05, 3.63) is 114 Å².